The molecular formula is C82H58B2N4. The van der Waals surface area contributed by atoms with Gasteiger partial charge in [0.15, 0.2) is 0 Å². The Labute approximate surface area is 511 Å². The topological polar surface area (TPSA) is 19.7 Å². The molecule has 88 heavy (non-hydrogen) atoms. The van der Waals surface area contributed by atoms with Crippen molar-refractivity contribution in [2.24, 2.45) is 0 Å². The molecule has 0 bridgehead atoms. The van der Waals surface area contributed by atoms with Crippen LogP contribution in [0.2, 0.25) is 0 Å². The van der Waals surface area contributed by atoms with Crippen molar-refractivity contribution in [3.63, 3.8) is 0 Å². The zero-order valence-corrected chi connectivity index (χ0v) is 50.6. The van der Waals surface area contributed by atoms with E-state index in [1.165, 1.54) is 221 Å². The van der Waals surface area contributed by atoms with Crippen molar-refractivity contribution in [2.45, 2.75) is 55.4 Å². The van der Waals surface area contributed by atoms with Crippen molar-refractivity contribution in [3.8, 4) is 78.1 Å². The molecule has 0 unspecified atom stereocenters. The van der Waals surface area contributed by atoms with Gasteiger partial charge in [-0.25, -0.2) is 0 Å². The highest BCUT2D eigenvalue weighted by atomic mass is 15.1. The van der Waals surface area contributed by atoms with Crippen molar-refractivity contribution >= 4 is 112 Å². The van der Waals surface area contributed by atoms with Gasteiger partial charge < -0.3 is 18.1 Å². The van der Waals surface area contributed by atoms with Crippen LogP contribution in [0, 0.1) is 55.4 Å². The molecule has 8 heterocycles. The van der Waals surface area contributed by atoms with Gasteiger partial charge in [-0.2, -0.15) is 0 Å². The minimum Gasteiger partial charge on any atom is -0.374 e. The second kappa shape index (κ2) is 16.8. The van der Waals surface area contributed by atoms with Crippen LogP contribution < -0.4 is 21.9 Å². The maximum absolute atomic E-state index is 2.84. The molecule has 0 saturated carbocycles. The van der Waals surface area contributed by atoms with E-state index in [0.717, 1.165) is 0 Å². The molecule has 4 aliphatic heterocycles. The van der Waals surface area contributed by atoms with E-state index in [2.05, 4.69) is 280 Å². The molecule has 0 fully saturated rings. The minimum atomic E-state index is -0.136. The molecule has 0 atom stereocenters. The van der Waals surface area contributed by atoms with E-state index in [0.29, 0.717) is 0 Å². The molecule has 4 nitrogen and oxygen atoms in total. The lowest BCUT2D eigenvalue weighted by Gasteiger charge is -2.34. The van der Waals surface area contributed by atoms with Gasteiger partial charge >= 0.3 is 13.7 Å². The fraction of sp³-hybridized carbons (Fsp3) is 0.0976. The van der Waals surface area contributed by atoms with Crippen LogP contribution in [0.3, 0.4) is 0 Å². The molecular weight excluding hydrogens is 1060 g/mol. The summed E-state index contributed by atoms with van der Waals surface area (Å²) in [4.78, 5) is 0. The fourth-order valence-electron chi connectivity index (χ4n) is 18.2. The van der Waals surface area contributed by atoms with E-state index in [9.17, 15) is 0 Å². The summed E-state index contributed by atoms with van der Waals surface area (Å²) in [7, 11) is 0. The number of aromatic nitrogens is 4. The Kier molecular flexibility index (Phi) is 9.34. The molecule has 4 aliphatic rings. The minimum absolute atomic E-state index is 0.136. The number of fused-ring (bicyclic) bond motifs is 21. The maximum Gasteiger partial charge on any atom is 0.333 e. The summed E-state index contributed by atoms with van der Waals surface area (Å²) >= 11 is 0. The summed E-state index contributed by atoms with van der Waals surface area (Å²) in [6, 6.07) is 80.6. The van der Waals surface area contributed by atoms with Gasteiger partial charge in [-0.15, -0.1) is 0 Å². The summed E-state index contributed by atoms with van der Waals surface area (Å²) in [5.41, 5.74) is 44.2. The highest BCUT2D eigenvalue weighted by molar-refractivity contribution is 6.92. The molecule has 20 rings (SSSR count). The second-order valence-corrected chi connectivity index (χ2v) is 26.2. The van der Waals surface area contributed by atoms with Crippen LogP contribution in [-0.2, 0) is 0 Å². The lowest BCUT2D eigenvalue weighted by atomic mass is 9.45. The standard InChI is InChI=1S/C82H58B2N4/c1-43-15-9-16-44(2)71(43)51-27-35-67-63(39-51)59-33-31-55-57-23-13-25-61-77(57)87(83-65-41-53(73-47(5)19-11-20-48(73)6)29-37-69(65)85(67)79(59)75(55)83)81-62-26-14-24-58-56-32-34-60-64-40-52(72-45(3)17-10-18-46(72)4)28-36-68(64)86-70-38-30-54(74-49(7)21-12-22-50(74)8)42-66(70)84(76(56)80(60)86)88(78(58)62)82(61)81/h9-42H,1-8H3. The third kappa shape index (κ3) is 5.90. The number of aryl methyl sites for hydroxylation is 8. The maximum atomic E-state index is 2.84. The average Bonchev–Trinajstić information content (AvgIpc) is 1.47. The number of rotatable bonds is 4. The van der Waals surface area contributed by atoms with E-state index in [-0.39, 0.29) is 13.7 Å². The SMILES string of the molecule is Cc1cccc(C)c1-c1ccc2c(c1)B1c3c(ccc4c5cc(-c6c(C)cccc6C)ccc5n-2c34)-c2cccc3c2n1c1c2cccc4c2n(c31)B1c2cc(-c3c(C)cccc3C)ccc2-n2c3ccc(-c5c(C)cccc5C)cc3c3ccc-4c1c32. The van der Waals surface area contributed by atoms with Crippen LogP contribution in [0.15, 0.2) is 206 Å². The van der Waals surface area contributed by atoms with Crippen molar-refractivity contribution in [2.75, 3.05) is 0 Å². The molecule has 6 heteroatoms. The van der Waals surface area contributed by atoms with Crippen LogP contribution in [0.4, 0.5) is 0 Å². The predicted octanol–water partition coefficient (Wildman–Crippen LogP) is 18.0. The van der Waals surface area contributed by atoms with Crippen LogP contribution in [0.5, 0.6) is 0 Å². The average molecular weight is 1120 g/mol. The molecule has 0 aliphatic carbocycles. The van der Waals surface area contributed by atoms with Gasteiger partial charge in [0.05, 0.1) is 33.1 Å². The Morgan fingerprint density at radius 2 is 0.580 bits per heavy atom. The van der Waals surface area contributed by atoms with Gasteiger partial charge in [-0.1, -0.05) is 170 Å². The summed E-state index contributed by atoms with van der Waals surface area (Å²) in [5.74, 6) is 0. The lowest BCUT2D eigenvalue weighted by Crippen LogP contribution is -2.55. The number of hydrogen-bond donors (Lipinski definition) is 0. The first-order valence-electron chi connectivity index (χ1n) is 31.4. The highest BCUT2D eigenvalue weighted by Crippen LogP contribution is 2.51. The normalized spacial score (nSPS) is 13.2. The molecule has 0 N–H and O–H groups in total. The number of benzene rings is 12. The largest absolute Gasteiger partial charge is 0.374 e. The molecule has 12 aromatic carbocycles. The third-order valence-corrected chi connectivity index (χ3v) is 21.6. The number of nitrogens with zero attached hydrogens (tertiary/aromatic N) is 4. The van der Waals surface area contributed by atoms with Crippen LogP contribution in [0.25, 0.3) is 155 Å². The Balaban J connectivity index is 0.923. The number of para-hydroxylation sites is 2. The first kappa shape index (κ1) is 48.9. The molecule has 0 spiro atoms. The first-order chi connectivity index (χ1) is 43.0. The predicted molar refractivity (Wildman–Crippen MR) is 375 cm³/mol. The Morgan fingerprint density at radius 1 is 0.250 bits per heavy atom. The molecule has 16 aromatic rings. The molecule has 0 saturated heterocycles. The van der Waals surface area contributed by atoms with E-state index in [1.54, 1.807) is 0 Å². The molecule has 412 valence electrons. The smallest absolute Gasteiger partial charge is 0.333 e. The van der Waals surface area contributed by atoms with E-state index < -0.39 is 0 Å². The Hall–Kier alpha value is -10.3. The summed E-state index contributed by atoms with van der Waals surface area (Å²) in [5, 5.41) is 7.77. The first-order valence-corrected chi connectivity index (χ1v) is 31.4. The monoisotopic (exact) mass is 1120 g/mol. The van der Waals surface area contributed by atoms with Gasteiger partial charge in [0.1, 0.15) is 0 Å². The quantitative estimate of drug-likeness (QED) is 0.157. The van der Waals surface area contributed by atoms with Gasteiger partial charge in [0.25, 0.3) is 0 Å². The summed E-state index contributed by atoms with van der Waals surface area (Å²) in [6.45, 7) is 17.9. The van der Waals surface area contributed by atoms with Gasteiger partial charge in [-0.05, 0) is 214 Å². The second-order valence-electron chi connectivity index (χ2n) is 26.2. The van der Waals surface area contributed by atoms with Crippen molar-refractivity contribution in [1.82, 2.24) is 18.1 Å². The summed E-state index contributed by atoms with van der Waals surface area (Å²) < 4.78 is 11.0. The molecule has 0 radical (unpaired) electrons. The van der Waals surface area contributed by atoms with Crippen LogP contribution >= 0.6 is 0 Å². The van der Waals surface area contributed by atoms with Crippen molar-refractivity contribution in [3.05, 3.63) is 251 Å². The molecule has 4 aromatic heterocycles. The Bertz CT molecular complexity index is 5540. The zero-order chi connectivity index (χ0) is 58.6. The number of hydrogen-bond acceptors (Lipinski definition) is 0. The van der Waals surface area contributed by atoms with E-state index in [4.69, 9.17) is 0 Å². The third-order valence-electron chi connectivity index (χ3n) is 21.6. The van der Waals surface area contributed by atoms with Gasteiger partial charge in [0, 0.05) is 65.9 Å². The van der Waals surface area contributed by atoms with Crippen LogP contribution in [0.1, 0.15) is 44.5 Å². The zero-order valence-electron chi connectivity index (χ0n) is 50.6. The van der Waals surface area contributed by atoms with Crippen molar-refractivity contribution < 1.29 is 0 Å². The van der Waals surface area contributed by atoms with Crippen molar-refractivity contribution in [1.29, 1.82) is 0 Å². The van der Waals surface area contributed by atoms with Crippen LogP contribution in [-0.4, -0.2) is 31.8 Å². The molecule has 0 amide bonds. The van der Waals surface area contributed by atoms with Gasteiger partial charge in [-0.3, -0.25) is 0 Å². The Morgan fingerprint density at radius 3 is 0.943 bits per heavy atom. The van der Waals surface area contributed by atoms with Gasteiger partial charge in [0.2, 0.25) is 0 Å². The fourth-order valence-corrected chi connectivity index (χ4v) is 18.2. The van der Waals surface area contributed by atoms with E-state index >= 15 is 0 Å². The van der Waals surface area contributed by atoms with E-state index in [1.807, 2.05) is 0 Å². The lowest BCUT2D eigenvalue weighted by molar-refractivity contribution is 1.17. The highest BCUT2D eigenvalue weighted by Gasteiger charge is 2.47. The summed E-state index contributed by atoms with van der Waals surface area (Å²) in [6.07, 6.45) is 0.